The molecular weight excluding hydrogens is 304 g/mol. The number of esters is 1. The third-order valence-corrected chi connectivity index (χ3v) is 3.51. The highest BCUT2D eigenvalue weighted by Crippen LogP contribution is 2.32. The first-order valence-electron chi connectivity index (χ1n) is 7.60. The van der Waals surface area contributed by atoms with Crippen molar-refractivity contribution in [2.75, 3.05) is 6.61 Å². The van der Waals surface area contributed by atoms with E-state index in [1.165, 1.54) is 6.07 Å². The Hall–Kier alpha value is -2.09. The van der Waals surface area contributed by atoms with Gasteiger partial charge in [0, 0.05) is 6.42 Å². The number of hydrogen-bond donors (Lipinski definition) is 2. The van der Waals surface area contributed by atoms with Crippen LogP contribution in [0.25, 0.3) is 0 Å². The maximum absolute atomic E-state index is 14.0. The Bertz CT molecular complexity index is 610. The summed E-state index contributed by atoms with van der Waals surface area (Å²) >= 11 is 0. The van der Waals surface area contributed by atoms with Crippen molar-refractivity contribution < 1.29 is 28.4 Å². The molecule has 0 aromatic heterocycles. The summed E-state index contributed by atoms with van der Waals surface area (Å²) in [4.78, 5) is 23.6. The summed E-state index contributed by atoms with van der Waals surface area (Å²) in [6, 6.07) is 2.62. The molecule has 0 bridgehead atoms. The van der Waals surface area contributed by atoms with E-state index in [-0.39, 0.29) is 30.2 Å². The van der Waals surface area contributed by atoms with Crippen molar-refractivity contribution in [1.29, 1.82) is 0 Å². The van der Waals surface area contributed by atoms with E-state index in [9.17, 15) is 19.0 Å². The van der Waals surface area contributed by atoms with E-state index in [0.717, 1.165) is 6.07 Å². The molecule has 0 radical (unpaired) electrons. The predicted octanol–water partition coefficient (Wildman–Crippen LogP) is 1.24. The Labute approximate surface area is 134 Å². The lowest BCUT2D eigenvalue weighted by atomic mass is 9.72. The van der Waals surface area contributed by atoms with E-state index >= 15 is 0 Å². The molecule has 8 heteroatoms. The predicted molar refractivity (Wildman–Crippen MR) is 81.5 cm³/mol. The fourth-order valence-electron chi connectivity index (χ4n) is 2.46. The van der Waals surface area contributed by atoms with Crippen LogP contribution in [0.3, 0.4) is 0 Å². The monoisotopic (exact) mass is 323 g/mol. The molecule has 0 fully saturated rings. The molecule has 1 amide bonds. The smallest absolute Gasteiger partial charge is 0.534 e. The summed E-state index contributed by atoms with van der Waals surface area (Å²) in [6.07, 6.45) is 1.26. The number of ether oxygens (including phenoxy) is 1. The SMILES string of the molecule is CCCC(=O)NC1Cc2ccc(F)c(C(=O)OCC)c2OB1O. The van der Waals surface area contributed by atoms with Gasteiger partial charge in [-0.15, -0.1) is 0 Å². The Morgan fingerprint density at radius 2 is 2.22 bits per heavy atom. The van der Waals surface area contributed by atoms with Crippen molar-refractivity contribution in [3.63, 3.8) is 0 Å². The largest absolute Gasteiger partial charge is 0.547 e. The quantitative estimate of drug-likeness (QED) is 0.629. The number of nitrogens with one attached hydrogen (secondary N) is 1. The molecule has 1 aromatic carbocycles. The van der Waals surface area contributed by atoms with Crippen LogP contribution in [0.5, 0.6) is 5.75 Å². The molecule has 1 aliphatic heterocycles. The Morgan fingerprint density at radius 3 is 2.87 bits per heavy atom. The number of halogens is 1. The minimum atomic E-state index is -1.36. The zero-order valence-electron chi connectivity index (χ0n) is 13.1. The Balaban J connectivity index is 2.26. The van der Waals surface area contributed by atoms with Crippen molar-refractivity contribution in [2.45, 2.75) is 39.1 Å². The van der Waals surface area contributed by atoms with Gasteiger partial charge in [-0.25, -0.2) is 9.18 Å². The molecule has 2 rings (SSSR count). The fourth-order valence-corrected chi connectivity index (χ4v) is 2.46. The molecule has 1 aromatic rings. The second-order valence-electron chi connectivity index (χ2n) is 5.27. The lowest BCUT2D eigenvalue weighted by Crippen LogP contribution is -2.53. The van der Waals surface area contributed by atoms with Crippen LogP contribution >= 0.6 is 0 Å². The molecule has 0 saturated carbocycles. The van der Waals surface area contributed by atoms with Gasteiger partial charge in [-0.1, -0.05) is 13.0 Å². The third kappa shape index (κ3) is 3.82. The highest BCUT2D eigenvalue weighted by Gasteiger charge is 2.38. The molecule has 0 aliphatic carbocycles. The fraction of sp³-hybridized carbons (Fsp3) is 0.467. The molecule has 23 heavy (non-hydrogen) atoms. The number of benzene rings is 1. The maximum Gasteiger partial charge on any atom is 0.547 e. The number of fused-ring (bicyclic) bond motifs is 1. The van der Waals surface area contributed by atoms with Gasteiger partial charge in [0.25, 0.3) is 0 Å². The molecule has 0 spiro atoms. The van der Waals surface area contributed by atoms with Gasteiger partial charge in [0.2, 0.25) is 5.91 Å². The van der Waals surface area contributed by atoms with Gasteiger partial charge in [-0.05, 0) is 31.4 Å². The topological polar surface area (TPSA) is 84.9 Å². The van der Waals surface area contributed by atoms with Gasteiger partial charge >= 0.3 is 13.1 Å². The maximum atomic E-state index is 14.0. The molecule has 1 heterocycles. The van der Waals surface area contributed by atoms with E-state index < -0.39 is 24.8 Å². The molecular formula is C15H19BFNO5. The van der Waals surface area contributed by atoms with E-state index in [1.54, 1.807) is 6.92 Å². The zero-order chi connectivity index (χ0) is 17.0. The van der Waals surface area contributed by atoms with Crippen LogP contribution in [-0.4, -0.2) is 36.6 Å². The number of carbonyl (C=O) groups is 2. The molecule has 2 N–H and O–H groups in total. The lowest BCUT2D eigenvalue weighted by Gasteiger charge is -2.29. The summed E-state index contributed by atoms with van der Waals surface area (Å²) in [5, 5.41) is 12.7. The van der Waals surface area contributed by atoms with Gasteiger partial charge in [-0.3, -0.25) is 4.79 Å². The van der Waals surface area contributed by atoms with Crippen molar-refractivity contribution in [1.82, 2.24) is 5.32 Å². The first-order valence-corrected chi connectivity index (χ1v) is 7.60. The first kappa shape index (κ1) is 17.3. The minimum absolute atomic E-state index is 0.0306. The van der Waals surface area contributed by atoms with Crippen molar-refractivity contribution in [3.8, 4) is 5.75 Å². The number of rotatable bonds is 5. The van der Waals surface area contributed by atoms with Gasteiger partial charge in [0.15, 0.2) is 0 Å². The van der Waals surface area contributed by atoms with Crippen molar-refractivity contribution >= 4 is 19.0 Å². The van der Waals surface area contributed by atoms with Gasteiger partial charge in [0.1, 0.15) is 17.1 Å². The lowest BCUT2D eigenvalue weighted by molar-refractivity contribution is -0.121. The van der Waals surface area contributed by atoms with Crippen LogP contribution in [-0.2, 0) is 16.0 Å². The summed E-state index contributed by atoms with van der Waals surface area (Å²) < 4.78 is 24.1. The van der Waals surface area contributed by atoms with Gasteiger partial charge in [-0.2, -0.15) is 0 Å². The minimum Gasteiger partial charge on any atom is -0.534 e. The van der Waals surface area contributed by atoms with Crippen LogP contribution in [0.2, 0.25) is 0 Å². The standard InChI is InChI=1S/C15H19BFNO5/c1-3-5-12(19)18-11-8-9-6-7-10(17)13(15(20)22-4-2)14(9)23-16(11)21/h6-7,11,21H,3-5,8H2,1-2H3,(H,18,19). The van der Waals surface area contributed by atoms with E-state index in [2.05, 4.69) is 5.32 Å². The highest BCUT2D eigenvalue weighted by atomic mass is 19.1. The number of carbonyl (C=O) groups excluding carboxylic acids is 2. The molecule has 1 atom stereocenters. The van der Waals surface area contributed by atoms with E-state index in [0.29, 0.717) is 18.4 Å². The second kappa shape index (κ2) is 7.46. The zero-order valence-corrected chi connectivity index (χ0v) is 13.1. The summed E-state index contributed by atoms with van der Waals surface area (Å²) in [5.41, 5.74) is 0.197. The summed E-state index contributed by atoms with van der Waals surface area (Å²) in [6.45, 7) is 3.58. The molecule has 0 saturated heterocycles. The summed E-state index contributed by atoms with van der Waals surface area (Å²) in [7, 11) is -1.36. The second-order valence-corrected chi connectivity index (χ2v) is 5.27. The summed E-state index contributed by atoms with van der Waals surface area (Å²) in [5.74, 6) is -2.50. The van der Waals surface area contributed by atoms with Crippen LogP contribution in [0.4, 0.5) is 4.39 Å². The number of amides is 1. The Morgan fingerprint density at radius 1 is 1.48 bits per heavy atom. The van der Waals surface area contributed by atoms with Crippen LogP contribution in [0, 0.1) is 5.82 Å². The first-order chi connectivity index (χ1) is 11.0. The molecule has 6 nitrogen and oxygen atoms in total. The molecule has 1 aliphatic rings. The van der Waals surface area contributed by atoms with Gasteiger partial charge < -0.3 is 19.7 Å². The van der Waals surface area contributed by atoms with Crippen LogP contribution in [0.15, 0.2) is 12.1 Å². The van der Waals surface area contributed by atoms with E-state index in [4.69, 9.17) is 9.39 Å². The highest BCUT2D eigenvalue weighted by molar-refractivity contribution is 6.47. The van der Waals surface area contributed by atoms with Crippen molar-refractivity contribution in [3.05, 3.63) is 29.1 Å². The normalized spacial score (nSPS) is 16.3. The van der Waals surface area contributed by atoms with Crippen LogP contribution in [0.1, 0.15) is 42.6 Å². The van der Waals surface area contributed by atoms with E-state index in [1.807, 2.05) is 6.92 Å². The molecule has 124 valence electrons. The number of hydrogen-bond acceptors (Lipinski definition) is 5. The average molecular weight is 323 g/mol. The van der Waals surface area contributed by atoms with Gasteiger partial charge in [0.05, 0.1) is 12.5 Å². The Kier molecular flexibility index (Phi) is 5.60. The molecule has 1 unspecified atom stereocenters. The average Bonchev–Trinajstić information content (AvgIpc) is 2.48. The van der Waals surface area contributed by atoms with Crippen molar-refractivity contribution in [2.24, 2.45) is 0 Å². The van der Waals surface area contributed by atoms with Crippen LogP contribution < -0.4 is 9.97 Å². The third-order valence-electron chi connectivity index (χ3n) is 3.51.